The van der Waals surface area contributed by atoms with Gasteiger partial charge in [0.1, 0.15) is 0 Å². The molecule has 2 saturated carbocycles. The highest BCUT2D eigenvalue weighted by Gasteiger charge is 2.32. The van der Waals surface area contributed by atoms with E-state index in [1.807, 2.05) is 4.90 Å². The predicted octanol–water partition coefficient (Wildman–Crippen LogP) is -0.0348. The van der Waals surface area contributed by atoms with Gasteiger partial charge in [-0.1, -0.05) is 0 Å². The number of hydrogen-bond acceptors (Lipinski definition) is 4. The summed E-state index contributed by atoms with van der Waals surface area (Å²) < 4.78 is 0. The molecule has 0 aromatic carbocycles. The number of imide groups is 1. The third-order valence-corrected chi connectivity index (χ3v) is 4.41. The Bertz CT molecular complexity index is 452. The summed E-state index contributed by atoms with van der Waals surface area (Å²) in [6.45, 7) is 1.78. The van der Waals surface area contributed by atoms with Crippen LogP contribution in [0.5, 0.6) is 0 Å². The number of piperidine rings is 1. The van der Waals surface area contributed by atoms with Crippen LogP contribution < -0.4 is 16.0 Å². The highest BCUT2D eigenvalue weighted by atomic mass is 16.2. The van der Waals surface area contributed by atoms with Gasteiger partial charge in [0.05, 0.1) is 6.54 Å². The van der Waals surface area contributed by atoms with Crippen molar-refractivity contribution in [2.45, 2.75) is 50.6 Å². The lowest BCUT2D eigenvalue weighted by molar-refractivity contribution is -0.124. The SMILES string of the molecule is O=C(CN1CCC(NC(=O)C2CC2)CC1)NC(=O)NC1CC1. The molecule has 3 rings (SSSR count). The Morgan fingerprint density at radius 1 is 0.864 bits per heavy atom. The maximum Gasteiger partial charge on any atom is 0.321 e. The van der Waals surface area contributed by atoms with E-state index >= 15 is 0 Å². The highest BCUT2D eigenvalue weighted by molar-refractivity contribution is 5.95. The van der Waals surface area contributed by atoms with Crippen molar-refractivity contribution in [3.8, 4) is 0 Å². The van der Waals surface area contributed by atoms with Crippen molar-refractivity contribution in [3.63, 3.8) is 0 Å². The molecule has 7 nitrogen and oxygen atoms in total. The lowest BCUT2D eigenvalue weighted by Crippen LogP contribution is -2.49. The number of carbonyl (C=O) groups excluding carboxylic acids is 3. The summed E-state index contributed by atoms with van der Waals surface area (Å²) in [7, 11) is 0. The molecule has 122 valence electrons. The standard InChI is InChI=1S/C15H24N4O3/c20-13(18-15(22)17-11-3-4-11)9-19-7-5-12(6-8-19)16-14(21)10-1-2-10/h10-12H,1-9H2,(H,16,21)(H2,17,18,20,22). The van der Waals surface area contributed by atoms with E-state index in [2.05, 4.69) is 16.0 Å². The van der Waals surface area contributed by atoms with Crippen LogP contribution in [0.25, 0.3) is 0 Å². The van der Waals surface area contributed by atoms with E-state index in [-0.39, 0.29) is 42.4 Å². The number of carbonyl (C=O) groups is 3. The van der Waals surface area contributed by atoms with Crippen molar-refractivity contribution in [3.05, 3.63) is 0 Å². The van der Waals surface area contributed by atoms with Crippen LogP contribution in [0, 0.1) is 5.92 Å². The van der Waals surface area contributed by atoms with Crippen LogP contribution in [-0.2, 0) is 9.59 Å². The van der Waals surface area contributed by atoms with E-state index in [1.54, 1.807) is 0 Å². The van der Waals surface area contributed by atoms with Gasteiger partial charge in [0.15, 0.2) is 0 Å². The van der Waals surface area contributed by atoms with Gasteiger partial charge < -0.3 is 10.6 Å². The lowest BCUT2D eigenvalue weighted by atomic mass is 10.0. The van der Waals surface area contributed by atoms with E-state index in [0.29, 0.717) is 0 Å². The molecule has 0 unspecified atom stereocenters. The summed E-state index contributed by atoms with van der Waals surface area (Å²) in [5.41, 5.74) is 0. The Kier molecular flexibility index (Phi) is 4.61. The summed E-state index contributed by atoms with van der Waals surface area (Å²) in [5, 5.41) is 8.18. The van der Waals surface area contributed by atoms with E-state index in [1.165, 1.54) is 0 Å². The number of hydrogen-bond donors (Lipinski definition) is 3. The highest BCUT2D eigenvalue weighted by Crippen LogP contribution is 2.29. The van der Waals surface area contributed by atoms with Gasteiger partial charge >= 0.3 is 6.03 Å². The summed E-state index contributed by atoms with van der Waals surface area (Å²) in [6, 6.07) is 0.0864. The topological polar surface area (TPSA) is 90.5 Å². The molecule has 1 saturated heterocycles. The van der Waals surface area contributed by atoms with Crippen LogP contribution >= 0.6 is 0 Å². The second-order valence-electron chi connectivity index (χ2n) is 6.63. The molecule has 0 spiro atoms. The number of urea groups is 1. The Hall–Kier alpha value is -1.63. The zero-order valence-electron chi connectivity index (χ0n) is 12.8. The second kappa shape index (κ2) is 6.64. The minimum Gasteiger partial charge on any atom is -0.353 e. The first kappa shape index (κ1) is 15.3. The van der Waals surface area contributed by atoms with Crippen LogP contribution in [0.4, 0.5) is 4.79 Å². The third kappa shape index (κ3) is 4.69. The van der Waals surface area contributed by atoms with Gasteiger partial charge in [-0.3, -0.25) is 19.8 Å². The van der Waals surface area contributed by atoms with Crippen molar-refractivity contribution in [2.75, 3.05) is 19.6 Å². The summed E-state index contributed by atoms with van der Waals surface area (Å²) in [6.07, 6.45) is 5.77. The fourth-order valence-corrected chi connectivity index (χ4v) is 2.72. The Morgan fingerprint density at radius 3 is 2.09 bits per heavy atom. The van der Waals surface area contributed by atoms with Gasteiger partial charge in [0.2, 0.25) is 11.8 Å². The van der Waals surface area contributed by atoms with Crippen LogP contribution in [0.15, 0.2) is 0 Å². The first-order valence-electron chi connectivity index (χ1n) is 8.23. The molecule has 0 aromatic heterocycles. The number of nitrogens with zero attached hydrogens (tertiary/aromatic N) is 1. The monoisotopic (exact) mass is 308 g/mol. The molecule has 0 bridgehead atoms. The normalized spacial score (nSPS) is 22.9. The fraction of sp³-hybridized carbons (Fsp3) is 0.800. The average Bonchev–Trinajstić information content (AvgIpc) is 3.34. The first-order chi connectivity index (χ1) is 10.6. The molecule has 1 aliphatic heterocycles. The molecular formula is C15H24N4O3. The second-order valence-corrected chi connectivity index (χ2v) is 6.63. The summed E-state index contributed by atoms with van der Waals surface area (Å²) in [5.74, 6) is 0.167. The number of amides is 4. The Balaban J connectivity index is 1.31. The van der Waals surface area contributed by atoms with Crippen molar-refractivity contribution in [1.29, 1.82) is 0 Å². The summed E-state index contributed by atoms with van der Waals surface area (Å²) in [4.78, 5) is 37.0. The minimum atomic E-state index is -0.390. The van der Waals surface area contributed by atoms with E-state index in [9.17, 15) is 14.4 Å². The number of rotatable bonds is 5. The Labute approximate surface area is 130 Å². The van der Waals surface area contributed by atoms with E-state index in [0.717, 1.165) is 51.6 Å². The van der Waals surface area contributed by atoms with Crippen molar-refractivity contribution in [2.24, 2.45) is 5.92 Å². The Morgan fingerprint density at radius 2 is 1.50 bits per heavy atom. The van der Waals surface area contributed by atoms with Gasteiger partial charge in [-0.05, 0) is 38.5 Å². The van der Waals surface area contributed by atoms with E-state index < -0.39 is 0 Å². The smallest absolute Gasteiger partial charge is 0.321 e. The zero-order chi connectivity index (χ0) is 15.5. The molecule has 1 heterocycles. The number of likely N-dealkylation sites (tertiary alicyclic amines) is 1. The first-order valence-corrected chi connectivity index (χ1v) is 8.23. The van der Waals surface area contributed by atoms with Crippen LogP contribution in [0.1, 0.15) is 38.5 Å². The maximum atomic E-state index is 11.8. The third-order valence-electron chi connectivity index (χ3n) is 4.41. The molecule has 3 N–H and O–H groups in total. The molecule has 2 aliphatic carbocycles. The van der Waals surface area contributed by atoms with Crippen molar-refractivity contribution in [1.82, 2.24) is 20.9 Å². The van der Waals surface area contributed by atoms with Crippen LogP contribution in [-0.4, -0.2) is 54.5 Å². The molecule has 0 aromatic rings. The largest absolute Gasteiger partial charge is 0.353 e. The molecule has 3 fully saturated rings. The van der Waals surface area contributed by atoms with Gasteiger partial charge in [-0.15, -0.1) is 0 Å². The predicted molar refractivity (Wildman–Crippen MR) is 80.0 cm³/mol. The van der Waals surface area contributed by atoms with Gasteiger partial charge in [-0.25, -0.2) is 4.79 Å². The quantitative estimate of drug-likeness (QED) is 0.665. The molecular weight excluding hydrogens is 284 g/mol. The summed E-state index contributed by atoms with van der Waals surface area (Å²) >= 11 is 0. The van der Waals surface area contributed by atoms with Crippen molar-refractivity contribution < 1.29 is 14.4 Å². The van der Waals surface area contributed by atoms with Gasteiger partial charge in [0.25, 0.3) is 0 Å². The lowest BCUT2D eigenvalue weighted by Gasteiger charge is -2.31. The molecule has 22 heavy (non-hydrogen) atoms. The average molecular weight is 308 g/mol. The molecule has 0 atom stereocenters. The van der Waals surface area contributed by atoms with Crippen molar-refractivity contribution >= 4 is 17.8 Å². The van der Waals surface area contributed by atoms with Gasteiger partial charge in [0, 0.05) is 31.1 Å². The maximum absolute atomic E-state index is 11.8. The molecule has 7 heteroatoms. The molecule has 4 amide bonds. The van der Waals surface area contributed by atoms with Crippen LogP contribution in [0.3, 0.4) is 0 Å². The zero-order valence-corrected chi connectivity index (χ0v) is 12.8. The van der Waals surface area contributed by atoms with Gasteiger partial charge in [-0.2, -0.15) is 0 Å². The number of nitrogens with one attached hydrogen (secondary N) is 3. The fourth-order valence-electron chi connectivity index (χ4n) is 2.72. The van der Waals surface area contributed by atoms with E-state index in [4.69, 9.17) is 0 Å². The molecule has 0 radical (unpaired) electrons. The molecule has 3 aliphatic rings. The minimum absolute atomic E-state index is 0.188. The van der Waals surface area contributed by atoms with Crippen LogP contribution in [0.2, 0.25) is 0 Å².